The number of fused-ring (bicyclic) bond motifs is 1. The molecule has 1 amide bonds. The number of likely N-dealkylation sites (tertiary alicyclic amines) is 1. The maximum atomic E-state index is 13.4. The summed E-state index contributed by atoms with van der Waals surface area (Å²) < 4.78 is 11.1. The zero-order chi connectivity index (χ0) is 21.8. The highest BCUT2D eigenvalue weighted by Gasteiger charge is 2.50. The summed E-state index contributed by atoms with van der Waals surface area (Å²) in [5.41, 5.74) is 1.13. The van der Waals surface area contributed by atoms with Crippen LogP contribution in [0.2, 0.25) is 0 Å². The van der Waals surface area contributed by atoms with E-state index in [1.54, 1.807) is 20.3 Å². The maximum absolute atomic E-state index is 13.4. The summed E-state index contributed by atoms with van der Waals surface area (Å²) in [6.45, 7) is 0.510. The van der Waals surface area contributed by atoms with E-state index in [-0.39, 0.29) is 17.9 Å². The number of ether oxygens (including phenoxy) is 2. The number of piperidine rings is 1. The molecule has 0 aromatic heterocycles. The monoisotopic (exact) mass is 421 g/mol. The summed E-state index contributed by atoms with van der Waals surface area (Å²) in [6.07, 6.45) is 7.84. The van der Waals surface area contributed by atoms with Crippen LogP contribution in [0.15, 0.2) is 54.6 Å². The van der Waals surface area contributed by atoms with E-state index < -0.39 is 5.60 Å². The van der Waals surface area contributed by atoms with Crippen LogP contribution in [0.1, 0.15) is 49.3 Å². The highest BCUT2D eigenvalue weighted by molar-refractivity contribution is 5.92. The third-order valence-electron chi connectivity index (χ3n) is 6.82. The first-order valence-electron chi connectivity index (χ1n) is 11.0. The number of amides is 1. The molecule has 164 valence electrons. The first kappa shape index (κ1) is 21.4. The second kappa shape index (κ2) is 9.15. The van der Waals surface area contributed by atoms with Crippen molar-refractivity contribution in [2.45, 2.75) is 43.7 Å². The molecule has 1 saturated carbocycles. The lowest BCUT2D eigenvalue weighted by atomic mass is 9.66. The summed E-state index contributed by atoms with van der Waals surface area (Å²) in [6, 6.07) is 15.2. The number of carbonyl (C=O) groups excluding carboxylic acids is 1. The maximum Gasteiger partial charge on any atom is 0.247 e. The molecule has 1 heterocycles. The Morgan fingerprint density at radius 3 is 2.65 bits per heavy atom. The molecule has 2 aliphatic rings. The second-order valence-electron chi connectivity index (χ2n) is 8.53. The molecule has 31 heavy (non-hydrogen) atoms. The number of benzene rings is 2. The third kappa shape index (κ3) is 4.33. The lowest BCUT2D eigenvalue weighted by Gasteiger charge is -2.52. The SMILES string of the molecule is COc1ccc(OC)c([C@H]2C3CCCCC3(O)CCN2C(=O)C=Cc2ccccc2)c1. The fourth-order valence-electron chi connectivity index (χ4n) is 5.21. The number of aliphatic hydroxyl groups is 1. The lowest BCUT2D eigenvalue weighted by molar-refractivity contribution is -0.151. The molecule has 0 radical (unpaired) electrons. The van der Waals surface area contributed by atoms with Crippen molar-refractivity contribution in [2.75, 3.05) is 20.8 Å². The van der Waals surface area contributed by atoms with Crippen LogP contribution in [0.3, 0.4) is 0 Å². The minimum atomic E-state index is -0.753. The molecular weight excluding hydrogens is 390 g/mol. The van der Waals surface area contributed by atoms with Gasteiger partial charge in [0.05, 0.1) is 25.9 Å². The molecule has 1 aliphatic carbocycles. The number of carbonyl (C=O) groups is 1. The van der Waals surface area contributed by atoms with E-state index in [4.69, 9.17) is 9.47 Å². The largest absolute Gasteiger partial charge is 0.497 e. The third-order valence-corrected chi connectivity index (χ3v) is 6.82. The summed E-state index contributed by atoms with van der Waals surface area (Å²) in [5, 5.41) is 11.5. The van der Waals surface area contributed by atoms with Crippen molar-refractivity contribution in [3.05, 3.63) is 65.7 Å². The Morgan fingerprint density at radius 1 is 1.10 bits per heavy atom. The highest BCUT2D eigenvalue weighted by Crippen LogP contribution is 2.51. The predicted octanol–water partition coefficient (Wildman–Crippen LogP) is 4.61. The molecule has 0 spiro atoms. The average Bonchev–Trinajstić information content (AvgIpc) is 2.81. The Kier molecular flexibility index (Phi) is 6.33. The lowest BCUT2D eigenvalue weighted by Crippen LogP contribution is -2.56. The molecule has 2 unspecified atom stereocenters. The van der Waals surface area contributed by atoms with E-state index >= 15 is 0 Å². The fourth-order valence-corrected chi connectivity index (χ4v) is 5.21. The molecule has 5 nitrogen and oxygen atoms in total. The Bertz CT molecular complexity index is 942. The van der Waals surface area contributed by atoms with E-state index in [0.717, 1.165) is 36.8 Å². The molecule has 1 saturated heterocycles. The van der Waals surface area contributed by atoms with Crippen molar-refractivity contribution in [1.82, 2.24) is 4.90 Å². The van der Waals surface area contributed by atoms with E-state index in [9.17, 15) is 9.90 Å². The van der Waals surface area contributed by atoms with Crippen molar-refractivity contribution in [1.29, 1.82) is 0 Å². The normalized spacial score (nSPS) is 25.8. The van der Waals surface area contributed by atoms with E-state index in [1.165, 1.54) is 0 Å². The van der Waals surface area contributed by atoms with Gasteiger partial charge >= 0.3 is 0 Å². The molecule has 2 aromatic rings. The van der Waals surface area contributed by atoms with Gasteiger partial charge in [-0.05, 0) is 49.1 Å². The molecule has 1 aliphatic heterocycles. The minimum Gasteiger partial charge on any atom is -0.497 e. The first-order valence-corrected chi connectivity index (χ1v) is 11.0. The Balaban J connectivity index is 1.73. The van der Waals surface area contributed by atoms with Gasteiger partial charge in [0.25, 0.3) is 0 Å². The summed E-state index contributed by atoms with van der Waals surface area (Å²) in [7, 11) is 3.28. The van der Waals surface area contributed by atoms with Gasteiger partial charge < -0.3 is 19.5 Å². The van der Waals surface area contributed by atoms with Gasteiger partial charge in [0.2, 0.25) is 5.91 Å². The van der Waals surface area contributed by atoms with Gasteiger partial charge in [-0.15, -0.1) is 0 Å². The number of rotatable bonds is 5. The van der Waals surface area contributed by atoms with Crippen LogP contribution in [-0.2, 0) is 4.79 Å². The molecule has 2 fully saturated rings. The smallest absolute Gasteiger partial charge is 0.247 e. The molecule has 4 rings (SSSR count). The van der Waals surface area contributed by atoms with Crippen LogP contribution in [0.4, 0.5) is 0 Å². The molecule has 2 aromatic carbocycles. The van der Waals surface area contributed by atoms with Gasteiger partial charge in [0.15, 0.2) is 0 Å². The van der Waals surface area contributed by atoms with Crippen LogP contribution in [0.25, 0.3) is 6.08 Å². The van der Waals surface area contributed by atoms with Gasteiger partial charge in [-0.25, -0.2) is 0 Å². The van der Waals surface area contributed by atoms with Gasteiger partial charge in [-0.2, -0.15) is 0 Å². The van der Waals surface area contributed by atoms with Crippen LogP contribution in [0.5, 0.6) is 11.5 Å². The van der Waals surface area contributed by atoms with E-state index in [1.807, 2.05) is 59.5 Å². The van der Waals surface area contributed by atoms with Crippen molar-refractivity contribution >= 4 is 12.0 Å². The van der Waals surface area contributed by atoms with Crippen LogP contribution in [-0.4, -0.2) is 42.3 Å². The number of methoxy groups -OCH3 is 2. The molecule has 0 bridgehead atoms. The first-order chi connectivity index (χ1) is 15.1. The van der Waals surface area contributed by atoms with Crippen molar-refractivity contribution in [3.63, 3.8) is 0 Å². The van der Waals surface area contributed by atoms with Crippen molar-refractivity contribution in [2.24, 2.45) is 5.92 Å². The molecule has 5 heteroatoms. The number of nitrogens with zero attached hydrogens (tertiary/aromatic N) is 1. The minimum absolute atomic E-state index is 0.0370. The summed E-state index contributed by atoms with van der Waals surface area (Å²) in [5.74, 6) is 1.34. The van der Waals surface area contributed by atoms with Crippen molar-refractivity contribution < 1.29 is 19.4 Å². The van der Waals surface area contributed by atoms with Gasteiger partial charge in [0, 0.05) is 24.1 Å². The summed E-state index contributed by atoms with van der Waals surface area (Å²) in [4.78, 5) is 15.3. The fraction of sp³-hybridized carbons (Fsp3) is 0.423. The Morgan fingerprint density at radius 2 is 1.90 bits per heavy atom. The molecular formula is C26H31NO4. The van der Waals surface area contributed by atoms with Gasteiger partial charge in [-0.3, -0.25) is 4.79 Å². The standard InChI is InChI=1S/C26H31NO4/c1-30-20-12-13-23(31-2)21(18-20)25-22-10-6-7-15-26(22,29)16-17-27(25)24(28)14-11-19-8-4-3-5-9-19/h3-5,8-9,11-14,18,22,25,29H,6-7,10,15-17H2,1-2H3/t22?,25-,26?/m0/s1. The Hall–Kier alpha value is -2.79. The quantitative estimate of drug-likeness (QED) is 0.716. The summed E-state index contributed by atoms with van der Waals surface area (Å²) >= 11 is 0. The molecule has 3 atom stereocenters. The Labute approximate surface area is 184 Å². The van der Waals surface area contributed by atoms with Crippen LogP contribution < -0.4 is 9.47 Å². The van der Waals surface area contributed by atoms with Gasteiger partial charge in [-0.1, -0.05) is 43.2 Å². The van der Waals surface area contributed by atoms with Crippen molar-refractivity contribution in [3.8, 4) is 11.5 Å². The zero-order valence-corrected chi connectivity index (χ0v) is 18.3. The predicted molar refractivity (Wildman–Crippen MR) is 121 cm³/mol. The van der Waals surface area contributed by atoms with Crippen LogP contribution in [0, 0.1) is 5.92 Å². The van der Waals surface area contributed by atoms with E-state index in [2.05, 4.69) is 0 Å². The number of hydrogen-bond donors (Lipinski definition) is 1. The van der Waals surface area contributed by atoms with Gasteiger partial charge in [0.1, 0.15) is 11.5 Å². The number of hydrogen-bond acceptors (Lipinski definition) is 4. The topological polar surface area (TPSA) is 59.0 Å². The highest BCUT2D eigenvalue weighted by atomic mass is 16.5. The van der Waals surface area contributed by atoms with Crippen LogP contribution >= 0.6 is 0 Å². The second-order valence-corrected chi connectivity index (χ2v) is 8.53. The van der Waals surface area contributed by atoms with E-state index in [0.29, 0.717) is 24.5 Å². The zero-order valence-electron chi connectivity index (χ0n) is 18.3. The molecule has 1 N–H and O–H groups in total. The average molecular weight is 422 g/mol.